The van der Waals surface area contributed by atoms with E-state index in [2.05, 4.69) is 23.2 Å². The Hall–Kier alpha value is -1.55. The van der Waals surface area contributed by atoms with Crippen molar-refractivity contribution < 1.29 is 4.74 Å². The standard InChI is InChI=1S/C15H21N3O/c1-2-12-13-9-17-18-14(13)6-7-15(12)19-11-5-3-4-10(16)8-11/h6-7,9-11H,2-5,8,16H2,1H3,(H,17,18)/t10-,11+/m0/s1. The average molecular weight is 259 g/mol. The van der Waals surface area contributed by atoms with Gasteiger partial charge in [0.25, 0.3) is 0 Å². The lowest BCUT2D eigenvalue weighted by atomic mass is 9.93. The number of hydrogen-bond donors (Lipinski definition) is 2. The quantitative estimate of drug-likeness (QED) is 0.890. The minimum atomic E-state index is 0.262. The predicted octanol–water partition coefficient (Wildman–Crippen LogP) is 2.77. The minimum absolute atomic E-state index is 0.262. The maximum atomic E-state index is 6.20. The fraction of sp³-hybridized carbons (Fsp3) is 0.533. The highest BCUT2D eigenvalue weighted by atomic mass is 16.5. The molecule has 2 aromatic rings. The Morgan fingerprint density at radius 1 is 1.42 bits per heavy atom. The second-order valence-electron chi connectivity index (χ2n) is 5.39. The zero-order chi connectivity index (χ0) is 13.2. The van der Waals surface area contributed by atoms with E-state index in [1.807, 2.05) is 12.3 Å². The molecule has 0 unspecified atom stereocenters. The first kappa shape index (κ1) is 12.5. The Morgan fingerprint density at radius 2 is 2.32 bits per heavy atom. The second kappa shape index (κ2) is 5.21. The lowest BCUT2D eigenvalue weighted by Crippen LogP contribution is -2.33. The van der Waals surface area contributed by atoms with Gasteiger partial charge in [-0.1, -0.05) is 6.92 Å². The number of benzene rings is 1. The second-order valence-corrected chi connectivity index (χ2v) is 5.39. The van der Waals surface area contributed by atoms with Gasteiger partial charge in [-0.05, 0) is 44.2 Å². The normalized spacial score (nSPS) is 23.7. The lowest BCUT2D eigenvalue weighted by molar-refractivity contribution is 0.143. The molecule has 0 bridgehead atoms. The van der Waals surface area contributed by atoms with Crippen LogP contribution in [-0.2, 0) is 6.42 Å². The van der Waals surface area contributed by atoms with Crippen LogP contribution < -0.4 is 10.5 Å². The van der Waals surface area contributed by atoms with E-state index in [9.17, 15) is 0 Å². The molecule has 1 saturated carbocycles. The summed E-state index contributed by atoms with van der Waals surface area (Å²) < 4.78 is 6.20. The van der Waals surface area contributed by atoms with E-state index in [0.717, 1.165) is 36.9 Å². The molecule has 0 saturated heterocycles. The van der Waals surface area contributed by atoms with Crippen molar-refractivity contribution >= 4 is 10.9 Å². The number of nitrogens with one attached hydrogen (secondary N) is 1. The number of nitrogens with zero attached hydrogens (tertiary/aromatic N) is 1. The van der Waals surface area contributed by atoms with Crippen molar-refractivity contribution in [2.45, 2.75) is 51.2 Å². The molecule has 1 aromatic carbocycles. The van der Waals surface area contributed by atoms with Crippen molar-refractivity contribution in [1.82, 2.24) is 10.2 Å². The molecule has 102 valence electrons. The SMILES string of the molecule is CCc1c(O[C@@H]2CCC[C@H](N)C2)ccc2[nH]ncc12. The first-order chi connectivity index (χ1) is 9.28. The topological polar surface area (TPSA) is 63.9 Å². The highest BCUT2D eigenvalue weighted by molar-refractivity contribution is 5.84. The van der Waals surface area contributed by atoms with E-state index in [1.54, 1.807) is 0 Å². The van der Waals surface area contributed by atoms with Crippen molar-refractivity contribution in [3.05, 3.63) is 23.9 Å². The van der Waals surface area contributed by atoms with Crippen LogP contribution in [0.25, 0.3) is 10.9 Å². The van der Waals surface area contributed by atoms with E-state index in [0.29, 0.717) is 6.04 Å². The summed E-state index contributed by atoms with van der Waals surface area (Å²) in [5.41, 5.74) is 8.34. The van der Waals surface area contributed by atoms with Crippen LogP contribution in [0.5, 0.6) is 5.75 Å². The number of aromatic nitrogens is 2. The molecule has 1 aliphatic carbocycles. The summed E-state index contributed by atoms with van der Waals surface area (Å²) in [6.45, 7) is 2.15. The number of ether oxygens (including phenoxy) is 1. The third-order valence-corrected chi connectivity index (χ3v) is 4.01. The molecule has 1 heterocycles. The Bertz CT molecular complexity index is 564. The summed E-state index contributed by atoms with van der Waals surface area (Å²) in [5.74, 6) is 0.996. The molecule has 1 fully saturated rings. The van der Waals surface area contributed by atoms with Crippen molar-refractivity contribution in [1.29, 1.82) is 0 Å². The van der Waals surface area contributed by atoms with Gasteiger partial charge in [-0.25, -0.2) is 0 Å². The Balaban J connectivity index is 1.87. The fourth-order valence-corrected chi connectivity index (χ4v) is 3.00. The number of nitrogens with two attached hydrogens (primary N) is 1. The van der Waals surface area contributed by atoms with Gasteiger partial charge in [0, 0.05) is 17.0 Å². The summed E-state index contributed by atoms with van der Waals surface area (Å²) in [6.07, 6.45) is 7.46. The minimum Gasteiger partial charge on any atom is -0.490 e. The fourth-order valence-electron chi connectivity index (χ4n) is 3.00. The third-order valence-electron chi connectivity index (χ3n) is 4.01. The maximum absolute atomic E-state index is 6.20. The third kappa shape index (κ3) is 2.45. The van der Waals surface area contributed by atoms with Crippen LogP contribution in [0.3, 0.4) is 0 Å². The van der Waals surface area contributed by atoms with Gasteiger partial charge < -0.3 is 10.5 Å². The van der Waals surface area contributed by atoms with Gasteiger partial charge in [-0.15, -0.1) is 0 Å². The van der Waals surface area contributed by atoms with Gasteiger partial charge in [0.1, 0.15) is 11.9 Å². The van der Waals surface area contributed by atoms with Crippen LogP contribution in [0.4, 0.5) is 0 Å². The molecule has 1 aliphatic rings. The largest absolute Gasteiger partial charge is 0.490 e. The number of rotatable bonds is 3. The van der Waals surface area contributed by atoms with Crippen LogP contribution in [0.15, 0.2) is 18.3 Å². The molecule has 0 aliphatic heterocycles. The summed E-state index contributed by atoms with van der Waals surface area (Å²) in [6, 6.07) is 4.39. The van der Waals surface area contributed by atoms with Gasteiger partial charge in [-0.3, -0.25) is 5.10 Å². The van der Waals surface area contributed by atoms with Crippen molar-refractivity contribution in [2.24, 2.45) is 5.73 Å². The molecule has 1 aromatic heterocycles. The van der Waals surface area contributed by atoms with E-state index < -0.39 is 0 Å². The zero-order valence-electron chi connectivity index (χ0n) is 11.4. The Labute approximate surface area is 113 Å². The first-order valence-corrected chi connectivity index (χ1v) is 7.15. The number of aryl methyl sites for hydroxylation is 1. The van der Waals surface area contributed by atoms with E-state index in [1.165, 1.54) is 17.4 Å². The van der Waals surface area contributed by atoms with Gasteiger partial charge in [0.2, 0.25) is 0 Å². The highest BCUT2D eigenvalue weighted by Crippen LogP contribution is 2.30. The zero-order valence-corrected chi connectivity index (χ0v) is 11.4. The summed E-state index contributed by atoms with van der Waals surface area (Å²) in [5, 5.41) is 8.28. The summed E-state index contributed by atoms with van der Waals surface area (Å²) in [7, 11) is 0. The monoisotopic (exact) mass is 259 g/mol. The molecule has 4 heteroatoms. The molecule has 3 N–H and O–H groups in total. The highest BCUT2D eigenvalue weighted by Gasteiger charge is 2.21. The molecule has 3 rings (SSSR count). The summed E-state index contributed by atoms with van der Waals surface area (Å²) >= 11 is 0. The van der Waals surface area contributed by atoms with Crippen LogP contribution in [-0.4, -0.2) is 22.3 Å². The van der Waals surface area contributed by atoms with E-state index >= 15 is 0 Å². The molecular formula is C15H21N3O. The molecule has 0 spiro atoms. The number of aromatic amines is 1. The van der Waals surface area contributed by atoms with E-state index in [4.69, 9.17) is 10.5 Å². The number of hydrogen-bond acceptors (Lipinski definition) is 3. The van der Waals surface area contributed by atoms with Gasteiger partial charge in [0.05, 0.1) is 11.7 Å². The van der Waals surface area contributed by atoms with Crippen LogP contribution >= 0.6 is 0 Å². The molecule has 0 amide bonds. The van der Waals surface area contributed by atoms with Crippen LogP contribution in [0.1, 0.15) is 38.2 Å². The van der Waals surface area contributed by atoms with Crippen molar-refractivity contribution in [2.75, 3.05) is 0 Å². The lowest BCUT2D eigenvalue weighted by Gasteiger charge is -2.28. The number of fused-ring (bicyclic) bond motifs is 1. The Kier molecular flexibility index (Phi) is 3.42. The van der Waals surface area contributed by atoms with Crippen molar-refractivity contribution in [3.8, 4) is 5.75 Å². The smallest absolute Gasteiger partial charge is 0.123 e. The predicted molar refractivity (Wildman–Crippen MR) is 76.3 cm³/mol. The molecule has 19 heavy (non-hydrogen) atoms. The Morgan fingerprint density at radius 3 is 3.11 bits per heavy atom. The first-order valence-electron chi connectivity index (χ1n) is 7.15. The van der Waals surface area contributed by atoms with Crippen molar-refractivity contribution in [3.63, 3.8) is 0 Å². The van der Waals surface area contributed by atoms with E-state index in [-0.39, 0.29) is 6.10 Å². The average Bonchev–Trinajstić information content (AvgIpc) is 2.87. The molecular weight excluding hydrogens is 238 g/mol. The number of H-pyrrole nitrogens is 1. The molecule has 0 radical (unpaired) electrons. The van der Waals surface area contributed by atoms with Gasteiger partial charge >= 0.3 is 0 Å². The molecule has 2 atom stereocenters. The van der Waals surface area contributed by atoms with Crippen LogP contribution in [0.2, 0.25) is 0 Å². The van der Waals surface area contributed by atoms with Crippen LogP contribution in [0, 0.1) is 0 Å². The molecule has 4 nitrogen and oxygen atoms in total. The van der Waals surface area contributed by atoms with Gasteiger partial charge in [0.15, 0.2) is 0 Å². The van der Waals surface area contributed by atoms with Gasteiger partial charge in [-0.2, -0.15) is 5.10 Å². The maximum Gasteiger partial charge on any atom is 0.123 e. The summed E-state index contributed by atoms with van der Waals surface area (Å²) in [4.78, 5) is 0.